The van der Waals surface area contributed by atoms with Crippen LogP contribution >= 0.6 is 0 Å². The van der Waals surface area contributed by atoms with Gasteiger partial charge in [-0.15, -0.1) is 0 Å². The molecule has 0 radical (unpaired) electrons. The Balaban J connectivity index is 2.06. The molecule has 0 aromatic rings. The maximum atomic E-state index is 13.1. The number of esters is 1. The van der Waals surface area contributed by atoms with Crippen LogP contribution in [0.2, 0.25) is 0 Å². The van der Waals surface area contributed by atoms with Crippen LogP contribution in [0.4, 0.5) is 0 Å². The van der Waals surface area contributed by atoms with E-state index in [0.717, 1.165) is 44.4 Å². The smallest absolute Gasteiger partial charge is 0.318 e. The molecule has 0 spiro atoms. The topological polar surface area (TPSA) is 50.1 Å². The van der Waals surface area contributed by atoms with E-state index in [0.29, 0.717) is 12.3 Å². The molecule has 3 nitrogen and oxygen atoms in total. The van der Waals surface area contributed by atoms with Crippen LogP contribution in [-0.4, -0.2) is 5.97 Å². The first-order valence-corrected chi connectivity index (χ1v) is 10.5. The van der Waals surface area contributed by atoms with Crippen molar-refractivity contribution in [1.29, 1.82) is 5.26 Å². The highest BCUT2D eigenvalue weighted by atomic mass is 16.5. The molecule has 2 rings (SSSR count). The zero-order valence-electron chi connectivity index (χ0n) is 16.2. The Labute approximate surface area is 153 Å². The molecule has 2 aliphatic rings. The second kappa shape index (κ2) is 10.00. The second-order valence-corrected chi connectivity index (χ2v) is 8.05. The molecule has 25 heavy (non-hydrogen) atoms. The van der Waals surface area contributed by atoms with E-state index in [1.807, 2.05) is 13.0 Å². The van der Waals surface area contributed by atoms with Crippen LogP contribution < -0.4 is 0 Å². The lowest BCUT2D eigenvalue weighted by Gasteiger charge is -2.44. The number of nitriles is 1. The van der Waals surface area contributed by atoms with Gasteiger partial charge in [0.1, 0.15) is 6.07 Å². The van der Waals surface area contributed by atoms with Crippen molar-refractivity contribution in [3.63, 3.8) is 0 Å². The standard InChI is InChI=1S/C22H35NO2/c1-3-5-10-18-11-13-19(14-12-18)22(15-7-6-8-16-22)21(24)25-20(17-23)9-4-2/h9,18-19H,3-8,10-16H2,1-2H3/b20-9-. The highest BCUT2D eigenvalue weighted by molar-refractivity contribution is 5.78. The highest BCUT2D eigenvalue weighted by Gasteiger charge is 2.48. The van der Waals surface area contributed by atoms with Gasteiger partial charge in [-0.05, 0) is 50.0 Å². The molecular weight excluding hydrogens is 310 g/mol. The minimum Gasteiger partial charge on any atom is -0.415 e. The van der Waals surface area contributed by atoms with Crippen LogP contribution in [0.5, 0.6) is 0 Å². The monoisotopic (exact) mass is 345 g/mol. The molecule has 140 valence electrons. The Morgan fingerprint density at radius 1 is 1.16 bits per heavy atom. The van der Waals surface area contributed by atoms with E-state index in [1.165, 1.54) is 38.5 Å². The van der Waals surface area contributed by atoms with Crippen molar-refractivity contribution >= 4 is 5.97 Å². The van der Waals surface area contributed by atoms with Gasteiger partial charge in [-0.1, -0.05) is 65.2 Å². The van der Waals surface area contributed by atoms with Crippen molar-refractivity contribution in [1.82, 2.24) is 0 Å². The summed E-state index contributed by atoms with van der Waals surface area (Å²) in [6.45, 7) is 4.22. The number of nitrogens with zero attached hydrogens (tertiary/aromatic N) is 1. The van der Waals surface area contributed by atoms with Gasteiger partial charge in [0.15, 0.2) is 0 Å². The van der Waals surface area contributed by atoms with Gasteiger partial charge in [0.05, 0.1) is 5.41 Å². The minimum absolute atomic E-state index is 0.120. The highest BCUT2D eigenvalue weighted by Crippen LogP contribution is 2.50. The van der Waals surface area contributed by atoms with Crippen molar-refractivity contribution in [2.75, 3.05) is 0 Å². The molecule has 0 aromatic heterocycles. The van der Waals surface area contributed by atoms with Gasteiger partial charge in [0, 0.05) is 0 Å². The first-order chi connectivity index (χ1) is 12.2. The quantitative estimate of drug-likeness (QED) is 0.309. The molecule has 0 saturated heterocycles. The fourth-order valence-electron chi connectivity index (χ4n) is 4.96. The van der Waals surface area contributed by atoms with E-state index >= 15 is 0 Å². The number of carbonyl (C=O) groups is 1. The Kier molecular flexibility index (Phi) is 8.00. The summed E-state index contributed by atoms with van der Waals surface area (Å²) in [7, 11) is 0. The van der Waals surface area contributed by atoms with Gasteiger partial charge >= 0.3 is 5.97 Å². The van der Waals surface area contributed by atoms with Crippen LogP contribution in [-0.2, 0) is 9.53 Å². The summed E-state index contributed by atoms with van der Waals surface area (Å²) in [5, 5.41) is 9.22. The number of unbranched alkanes of at least 4 members (excludes halogenated alkanes) is 1. The molecule has 0 aliphatic heterocycles. The summed E-state index contributed by atoms with van der Waals surface area (Å²) in [5.74, 6) is 1.36. The van der Waals surface area contributed by atoms with Crippen LogP contribution in [0.15, 0.2) is 11.8 Å². The average Bonchev–Trinajstić information content (AvgIpc) is 2.66. The summed E-state index contributed by atoms with van der Waals surface area (Å²) < 4.78 is 5.59. The van der Waals surface area contributed by atoms with E-state index in [-0.39, 0.29) is 17.1 Å². The van der Waals surface area contributed by atoms with Crippen LogP contribution in [0.25, 0.3) is 0 Å². The molecular formula is C22H35NO2. The third-order valence-electron chi connectivity index (χ3n) is 6.45. The second-order valence-electron chi connectivity index (χ2n) is 8.05. The third kappa shape index (κ3) is 5.09. The number of rotatable bonds is 7. The number of carbonyl (C=O) groups excluding carboxylic acids is 1. The van der Waals surface area contributed by atoms with E-state index < -0.39 is 0 Å². The number of hydrogen-bond donors (Lipinski definition) is 0. The summed E-state index contributed by atoms with van der Waals surface area (Å²) in [6.07, 6.45) is 16.6. The van der Waals surface area contributed by atoms with Crippen molar-refractivity contribution < 1.29 is 9.53 Å². The van der Waals surface area contributed by atoms with E-state index in [1.54, 1.807) is 6.08 Å². The lowest BCUT2D eigenvalue weighted by atomic mass is 9.60. The van der Waals surface area contributed by atoms with Gasteiger partial charge < -0.3 is 4.74 Å². The van der Waals surface area contributed by atoms with Gasteiger partial charge in [-0.2, -0.15) is 5.26 Å². The molecule has 0 aromatic carbocycles. The fourth-order valence-corrected chi connectivity index (χ4v) is 4.96. The number of ether oxygens (including phenoxy) is 1. The van der Waals surface area contributed by atoms with Crippen molar-refractivity contribution in [3.8, 4) is 6.07 Å². The molecule has 0 heterocycles. The predicted molar refractivity (Wildman–Crippen MR) is 101 cm³/mol. The van der Waals surface area contributed by atoms with Gasteiger partial charge in [0.25, 0.3) is 0 Å². The molecule has 0 atom stereocenters. The molecule has 0 unspecified atom stereocenters. The fraction of sp³-hybridized carbons (Fsp3) is 0.818. The van der Waals surface area contributed by atoms with Crippen molar-refractivity contribution in [2.24, 2.45) is 17.3 Å². The Morgan fingerprint density at radius 2 is 1.84 bits per heavy atom. The lowest BCUT2D eigenvalue weighted by Crippen LogP contribution is -2.43. The summed E-state index contributed by atoms with van der Waals surface area (Å²) in [4.78, 5) is 13.1. The van der Waals surface area contributed by atoms with E-state index in [2.05, 4.69) is 6.92 Å². The zero-order chi connectivity index (χ0) is 18.1. The van der Waals surface area contributed by atoms with Gasteiger partial charge in [-0.25, -0.2) is 0 Å². The molecule has 0 N–H and O–H groups in total. The SMILES string of the molecule is CC/C=C(/C#N)OC(=O)C1(C2CCC(CCCC)CC2)CCCCC1. The van der Waals surface area contributed by atoms with Crippen LogP contribution in [0, 0.1) is 28.6 Å². The summed E-state index contributed by atoms with van der Waals surface area (Å²) >= 11 is 0. The van der Waals surface area contributed by atoms with Gasteiger partial charge in [-0.3, -0.25) is 4.79 Å². The van der Waals surface area contributed by atoms with Crippen molar-refractivity contribution in [2.45, 2.75) is 97.3 Å². The maximum Gasteiger partial charge on any atom is 0.318 e. The van der Waals surface area contributed by atoms with Gasteiger partial charge in [0.2, 0.25) is 5.76 Å². The van der Waals surface area contributed by atoms with Crippen LogP contribution in [0.1, 0.15) is 97.3 Å². The first kappa shape index (κ1) is 20.0. The Bertz CT molecular complexity index is 489. The van der Waals surface area contributed by atoms with E-state index in [9.17, 15) is 10.1 Å². The molecule has 2 aliphatic carbocycles. The normalized spacial score (nSPS) is 26.7. The maximum absolute atomic E-state index is 13.1. The summed E-state index contributed by atoms with van der Waals surface area (Å²) in [6, 6.07) is 2.04. The molecule has 3 heteroatoms. The molecule has 0 bridgehead atoms. The third-order valence-corrected chi connectivity index (χ3v) is 6.45. The van der Waals surface area contributed by atoms with E-state index in [4.69, 9.17) is 4.74 Å². The minimum atomic E-state index is -0.336. The number of hydrogen-bond acceptors (Lipinski definition) is 3. The largest absolute Gasteiger partial charge is 0.415 e. The Morgan fingerprint density at radius 3 is 2.40 bits per heavy atom. The summed E-state index contributed by atoms with van der Waals surface area (Å²) in [5.41, 5.74) is -0.336. The lowest BCUT2D eigenvalue weighted by molar-refractivity contribution is -0.159. The van der Waals surface area contributed by atoms with Crippen molar-refractivity contribution in [3.05, 3.63) is 11.8 Å². The average molecular weight is 346 g/mol. The number of allylic oxidation sites excluding steroid dienone is 2. The first-order valence-electron chi connectivity index (χ1n) is 10.5. The zero-order valence-corrected chi connectivity index (χ0v) is 16.2. The van der Waals surface area contributed by atoms with Crippen LogP contribution in [0.3, 0.4) is 0 Å². The predicted octanol–water partition coefficient (Wildman–Crippen LogP) is 6.29. The molecule has 2 fully saturated rings. The molecule has 0 amide bonds. The Hall–Kier alpha value is -1.30. The molecule has 2 saturated carbocycles.